The van der Waals surface area contributed by atoms with Gasteiger partial charge in [-0.15, -0.1) is 0 Å². The lowest BCUT2D eigenvalue weighted by atomic mass is 9.95. The second-order valence-electron chi connectivity index (χ2n) is 10.5. The van der Waals surface area contributed by atoms with Crippen molar-refractivity contribution in [3.8, 4) is 17.2 Å². The summed E-state index contributed by atoms with van der Waals surface area (Å²) < 4.78 is 12.3. The summed E-state index contributed by atoms with van der Waals surface area (Å²) in [4.78, 5) is 9.27. The maximum Gasteiger partial charge on any atom is 0.128 e. The van der Waals surface area contributed by atoms with Gasteiger partial charge in [-0.3, -0.25) is 0 Å². The number of nitrogens with zero attached hydrogens (tertiary/aromatic N) is 2. The molecular weight excluding hydrogens is 580 g/mol. The first kappa shape index (κ1) is 30.8. The molecule has 1 N–H and O–H groups in total. The lowest BCUT2D eigenvalue weighted by Gasteiger charge is -2.15. The first-order valence-electron chi connectivity index (χ1n) is 15.2. The molecule has 0 atom stereocenters. The van der Waals surface area contributed by atoms with E-state index in [0.717, 1.165) is 50.3 Å². The van der Waals surface area contributed by atoms with Crippen LogP contribution in [0.1, 0.15) is 27.8 Å². The van der Waals surface area contributed by atoms with Gasteiger partial charge >= 0.3 is 0 Å². The van der Waals surface area contributed by atoms with Gasteiger partial charge < -0.3 is 14.6 Å². The van der Waals surface area contributed by atoms with Crippen molar-refractivity contribution < 1.29 is 14.6 Å². The molecule has 0 radical (unpaired) electrons. The molecule has 0 saturated carbocycles. The fourth-order valence-electron chi connectivity index (χ4n) is 5.09. The molecule has 0 fully saturated rings. The second-order valence-corrected chi connectivity index (χ2v) is 10.5. The van der Waals surface area contributed by atoms with Gasteiger partial charge in [-0.2, -0.15) is 0 Å². The molecule has 0 aliphatic rings. The molecule has 6 aromatic carbocycles. The molecule has 0 unspecified atom stereocenters. The minimum absolute atomic E-state index is 0.155. The zero-order valence-corrected chi connectivity index (χ0v) is 25.9. The molecule has 0 aromatic heterocycles. The van der Waals surface area contributed by atoms with Gasteiger partial charge in [-0.25, -0.2) is 9.98 Å². The Bertz CT molecular complexity index is 1930. The predicted octanol–water partition coefficient (Wildman–Crippen LogP) is 9.85. The smallest absolute Gasteiger partial charge is 0.128 e. The fourth-order valence-corrected chi connectivity index (χ4v) is 5.09. The van der Waals surface area contributed by atoms with Crippen LogP contribution in [0.25, 0.3) is 11.1 Å². The van der Waals surface area contributed by atoms with Gasteiger partial charge in [0, 0.05) is 11.1 Å². The molecular formula is C42H32N2O3. The predicted molar refractivity (Wildman–Crippen MR) is 190 cm³/mol. The Morgan fingerprint density at radius 3 is 1.49 bits per heavy atom. The fraction of sp³-hybridized carbons (Fsp3) is 0.0476. The van der Waals surface area contributed by atoms with Gasteiger partial charge in [-0.1, -0.05) is 103 Å². The van der Waals surface area contributed by atoms with Crippen molar-refractivity contribution in [3.05, 3.63) is 186 Å². The molecule has 0 bridgehead atoms. The van der Waals surface area contributed by atoms with E-state index in [1.807, 2.05) is 158 Å². The van der Waals surface area contributed by atoms with Gasteiger partial charge in [0.05, 0.1) is 36.2 Å². The average Bonchev–Trinajstić information content (AvgIpc) is 3.14. The third-order valence-electron chi connectivity index (χ3n) is 7.43. The van der Waals surface area contributed by atoms with Crippen LogP contribution in [-0.4, -0.2) is 24.0 Å². The summed E-state index contributed by atoms with van der Waals surface area (Å²) in [5.41, 5.74) is 7.21. The van der Waals surface area contributed by atoms with Crippen LogP contribution < -0.4 is 9.47 Å². The summed E-state index contributed by atoms with van der Waals surface area (Å²) in [6.45, 7) is -0.155. The van der Waals surface area contributed by atoms with Crippen molar-refractivity contribution in [1.29, 1.82) is 0 Å². The quantitative estimate of drug-likeness (QED) is 0.157. The molecule has 228 valence electrons. The third-order valence-corrected chi connectivity index (χ3v) is 7.43. The van der Waals surface area contributed by atoms with Crippen LogP contribution in [0, 0.1) is 0 Å². The highest BCUT2D eigenvalue weighted by Gasteiger charge is 2.16. The van der Waals surface area contributed by atoms with Crippen molar-refractivity contribution in [1.82, 2.24) is 0 Å². The summed E-state index contributed by atoms with van der Waals surface area (Å²) in [7, 11) is 1.64. The van der Waals surface area contributed by atoms with Gasteiger partial charge in [0.1, 0.15) is 17.2 Å². The van der Waals surface area contributed by atoms with Gasteiger partial charge in [0.15, 0.2) is 0 Å². The highest BCUT2D eigenvalue weighted by molar-refractivity contribution is 6.01. The number of para-hydroxylation sites is 2. The van der Waals surface area contributed by atoms with Crippen molar-refractivity contribution in [2.24, 2.45) is 9.98 Å². The normalized spacial score (nSPS) is 10.3. The molecule has 6 rings (SSSR count). The average molecular weight is 613 g/mol. The van der Waals surface area contributed by atoms with E-state index in [1.54, 1.807) is 7.11 Å². The van der Waals surface area contributed by atoms with E-state index >= 15 is 0 Å². The molecule has 0 amide bonds. The van der Waals surface area contributed by atoms with E-state index < -0.39 is 0 Å². The number of hydrogen-bond donors (Lipinski definition) is 1. The zero-order valence-electron chi connectivity index (χ0n) is 25.9. The van der Waals surface area contributed by atoms with Gasteiger partial charge in [0.25, 0.3) is 0 Å². The molecule has 0 spiro atoms. The van der Waals surface area contributed by atoms with Crippen molar-refractivity contribution in [3.63, 3.8) is 0 Å². The number of aliphatic hydroxyl groups excluding tert-OH is 1. The maximum absolute atomic E-state index is 10.3. The Labute approximate surface area is 274 Å². The van der Waals surface area contributed by atoms with Crippen LogP contribution in [0.3, 0.4) is 0 Å². The highest BCUT2D eigenvalue weighted by Crippen LogP contribution is 2.36. The van der Waals surface area contributed by atoms with Crippen molar-refractivity contribution in [2.45, 2.75) is 6.61 Å². The number of aliphatic imine (C=N–C) groups is 2. The molecule has 5 heteroatoms. The summed E-state index contributed by atoms with van der Waals surface area (Å²) in [5.74, 6) is 8.38. The number of benzene rings is 6. The van der Waals surface area contributed by atoms with Crippen molar-refractivity contribution >= 4 is 34.3 Å². The first-order valence-corrected chi connectivity index (χ1v) is 15.2. The van der Waals surface area contributed by atoms with E-state index in [9.17, 15) is 5.11 Å². The van der Waals surface area contributed by atoms with E-state index in [2.05, 4.69) is 21.7 Å². The Kier molecular flexibility index (Phi) is 9.94. The number of aliphatic hydroxyl groups is 1. The van der Waals surface area contributed by atoms with Crippen LogP contribution in [0.5, 0.6) is 17.2 Å². The van der Waals surface area contributed by atoms with E-state index in [4.69, 9.17) is 9.47 Å². The van der Waals surface area contributed by atoms with Crippen LogP contribution >= 0.6 is 0 Å². The largest absolute Gasteiger partial charge is 0.496 e. The van der Waals surface area contributed by atoms with E-state index in [0.29, 0.717) is 17.2 Å². The minimum atomic E-state index is -0.155. The van der Waals surface area contributed by atoms with Crippen molar-refractivity contribution in [2.75, 3.05) is 7.11 Å². The SMILES string of the molecule is COc1ccc(Oc2ccc(CO)c(C(=C=Nc3ccccc3)c3ccccc3)c2)cc1C(=C=Nc1ccccc1)c1ccccc1. The van der Waals surface area contributed by atoms with Crippen LogP contribution in [0.15, 0.2) is 168 Å². The Morgan fingerprint density at radius 2 is 1.00 bits per heavy atom. The number of hydrogen-bond acceptors (Lipinski definition) is 5. The topological polar surface area (TPSA) is 63.4 Å². The Morgan fingerprint density at radius 1 is 0.553 bits per heavy atom. The van der Waals surface area contributed by atoms with E-state index in [-0.39, 0.29) is 6.61 Å². The molecule has 6 aromatic rings. The van der Waals surface area contributed by atoms with Crippen LogP contribution in [0.4, 0.5) is 11.4 Å². The maximum atomic E-state index is 10.3. The number of methoxy groups -OCH3 is 1. The molecule has 0 aliphatic carbocycles. The van der Waals surface area contributed by atoms with Crippen LogP contribution in [-0.2, 0) is 6.61 Å². The zero-order chi connectivity index (χ0) is 32.3. The number of ether oxygens (including phenoxy) is 2. The lowest BCUT2D eigenvalue weighted by molar-refractivity contribution is 0.281. The lowest BCUT2D eigenvalue weighted by Crippen LogP contribution is -1.98. The summed E-state index contributed by atoms with van der Waals surface area (Å²) in [6.07, 6.45) is 0. The van der Waals surface area contributed by atoms with E-state index in [1.165, 1.54) is 0 Å². The molecule has 0 heterocycles. The highest BCUT2D eigenvalue weighted by atomic mass is 16.5. The minimum Gasteiger partial charge on any atom is -0.496 e. The third kappa shape index (κ3) is 7.72. The molecule has 0 aliphatic heterocycles. The van der Waals surface area contributed by atoms with Crippen LogP contribution in [0.2, 0.25) is 0 Å². The standard InChI is InChI=1S/C42H32N2O3/c1-46-42-25-24-37(27-39(42)41(32-16-8-3-9-17-32)29-44-35-20-12-5-13-21-35)47-36-23-22-33(30-45)38(26-36)40(31-14-6-2-7-15-31)28-43-34-18-10-4-11-19-34/h2-27,45H,30H2,1H3. The monoisotopic (exact) mass is 612 g/mol. The Balaban J connectivity index is 1.43. The molecule has 5 nitrogen and oxygen atoms in total. The van der Waals surface area contributed by atoms with Gasteiger partial charge in [0.2, 0.25) is 0 Å². The first-order chi connectivity index (χ1) is 23.2. The number of rotatable bonds is 10. The second kappa shape index (κ2) is 15.2. The summed E-state index contributed by atoms with van der Waals surface area (Å²) in [5, 5.41) is 10.3. The molecule has 0 saturated heterocycles. The van der Waals surface area contributed by atoms with Gasteiger partial charge in [-0.05, 0) is 83.0 Å². The Hall–Kier alpha value is -6.22. The molecule has 47 heavy (non-hydrogen) atoms. The summed E-state index contributed by atoms with van der Waals surface area (Å²) >= 11 is 0. The summed E-state index contributed by atoms with van der Waals surface area (Å²) in [6, 6.07) is 50.6.